The van der Waals surface area contributed by atoms with E-state index in [1.807, 2.05) is 0 Å². The van der Waals surface area contributed by atoms with Gasteiger partial charge in [0, 0.05) is 12.1 Å². The largest absolute Gasteiger partial charge is 0.456 e. The Kier molecular flexibility index (Phi) is 5.54. The molecule has 0 aliphatic rings. The van der Waals surface area contributed by atoms with E-state index in [9.17, 15) is 14.9 Å². The van der Waals surface area contributed by atoms with Gasteiger partial charge in [0.2, 0.25) is 5.91 Å². The number of carbonyl (C=O) groups excluding carboxylic acids is 1. The molecule has 150 valence electrons. The Hall–Kier alpha value is -3.20. The molecule has 7 nitrogen and oxygen atoms in total. The summed E-state index contributed by atoms with van der Waals surface area (Å²) in [6.07, 6.45) is 2.74. The second-order valence-corrected chi connectivity index (χ2v) is 7.84. The smallest absolute Gasteiger partial charge is 0.280 e. The average molecular weight is 460 g/mol. The van der Waals surface area contributed by atoms with E-state index in [1.165, 1.54) is 29.6 Å². The molecule has 2 aromatic heterocycles. The Morgan fingerprint density at radius 3 is 2.77 bits per heavy atom. The normalized spacial score (nSPS) is 11.3. The maximum absolute atomic E-state index is 12.2. The highest BCUT2D eigenvalue weighted by molar-refractivity contribution is 7.22. The van der Waals surface area contributed by atoms with Crippen molar-refractivity contribution >= 4 is 67.6 Å². The zero-order chi connectivity index (χ0) is 21.3. The van der Waals surface area contributed by atoms with E-state index < -0.39 is 10.8 Å². The summed E-state index contributed by atoms with van der Waals surface area (Å²) < 4.78 is 6.42. The van der Waals surface area contributed by atoms with Crippen molar-refractivity contribution < 1.29 is 14.1 Å². The quantitative estimate of drug-likeness (QED) is 0.210. The monoisotopic (exact) mass is 459 g/mol. The van der Waals surface area contributed by atoms with Crippen LogP contribution in [0.1, 0.15) is 5.76 Å². The second kappa shape index (κ2) is 8.27. The number of halogens is 2. The molecule has 30 heavy (non-hydrogen) atoms. The number of furan rings is 1. The first-order chi connectivity index (χ1) is 14.4. The summed E-state index contributed by atoms with van der Waals surface area (Å²) in [5.41, 5.74) is 0.819. The van der Waals surface area contributed by atoms with Crippen LogP contribution in [0.15, 0.2) is 59.0 Å². The van der Waals surface area contributed by atoms with E-state index in [2.05, 4.69) is 10.3 Å². The van der Waals surface area contributed by atoms with Crippen molar-refractivity contribution in [3.05, 3.63) is 80.5 Å². The molecule has 2 heterocycles. The molecular formula is C20H11Cl2N3O4S. The molecule has 0 fully saturated rings. The maximum atomic E-state index is 12.2. The number of thiazole rings is 1. The summed E-state index contributed by atoms with van der Waals surface area (Å²) in [7, 11) is 0. The molecule has 0 saturated heterocycles. The lowest BCUT2D eigenvalue weighted by molar-refractivity contribution is -0.384. The number of carbonyl (C=O) groups is 1. The number of aromatic nitrogens is 1. The van der Waals surface area contributed by atoms with Crippen molar-refractivity contribution in [2.75, 3.05) is 5.32 Å². The van der Waals surface area contributed by atoms with Crippen molar-refractivity contribution in [3.8, 4) is 11.3 Å². The predicted octanol–water partition coefficient (Wildman–Crippen LogP) is 6.42. The third-order valence-corrected chi connectivity index (χ3v) is 5.80. The molecule has 0 saturated carbocycles. The number of anilines is 1. The number of nitrogens with zero attached hydrogens (tertiary/aromatic N) is 2. The summed E-state index contributed by atoms with van der Waals surface area (Å²) in [5.74, 6) is 0.289. The van der Waals surface area contributed by atoms with E-state index in [1.54, 1.807) is 42.5 Å². The third kappa shape index (κ3) is 4.06. The fraction of sp³-hybridized carbons (Fsp3) is 0. The minimum atomic E-state index is -0.474. The molecule has 1 amide bonds. The fourth-order valence-corrected chi connectivity index (χ4v) is 4.02. The summed E-state index contributed by atoms with van der Waals surface area (Å²) in [6, 6.07) is 12.9. The predicted molar refractivity (Wildman–Crippen MR) is 118 cm³/mol. The Morgan fingerprint density at radius 1 is 1.17 bits per heavy atom. The number of fused-ring (bicyclic) bond motifs is 1. The Labute approximate surface area is 183 Å². The molecule has 0 aliphatic carbocycles. The molecule has 2 aromatic carbocycles. The van der Waals surface area contributed by atoms with Gasteiger partial charge in [-0.3, -0.25) is 20.2 Å². The molecule has 0 atom stereocenters. The highest BCUT2D eigenvalue weighted by atomic mass is 35.5. The van der Waals surface area contributed by atoms with Crippen LogP contribution in [-0.4, -0.2) is 15.8 Å². The standard InChI is InChI=1S/C20H11Cl2N3O4S/c21-13-7-9-16-19(18(13)22)24-20(30-16)23-17(26)10-6-11-5-8-15(29-11)12-3-1-2-4-14(12)25(27)28/h1-10H,(H,23,24,26)/b10-6+. The molecule has 4 aromatic rings. The first kappa shape index (κ1) is 20.1. The van der Waals surface area contributed by atoms with Crippen LogP contribution >= 0.6 is 34.5 Å². The molecule has 4 rings (SSSR count). The van der Waals surface area contributed by atoms with Crippen LogP contribution in [0.2, 0.25) is 10.0 Å². The van der Waals surface area contributed by atoms with Gasteiger partial charge in [-0.15, -0.1) is 0 Å². The molecule has 10 heteroatoms. The maximum Gasteiger partial charge on any atom is 0.280 e. The lowest BCUT2D eigenvalue weighted by atomic mass is 10.1. The van der Waals surface area contributed by atoms with Gasteiger partial charge in [-0.25, -0.2) is 4.98 Å². The SMILES string of the molecule is O=C(/C=C/c1ccc(-c2ccccc2[N+](=O)[O-])o1)Nc1nc2c(Cl)c(Cl)ccc2s1. The second-order valence-electron chi connectivity index (χ2n) is 6.03. The Balaban J connectivity index is 1.49. The number of nitrogens with one attached hydrogen (secondary N) is 1. The lowest BCUT2D eigenvalue weighted by Crippen LogP contribution is -2.07. The highest BCUT2D eigenvalue weighted by Gasteiger charge is 2.17. The van der Waals surface area contributed by atoms with Gasteiger partial charge in [0.1, 0.15) is 17.0 Å². The number of para-hydroxylation sites is 1. The van der Waals surface area contributed by atoms with E-state index in [4.69, 9.17) is 27.6 Å². The number of nitro groups is 1. The molecule has 1 N–H and O–H groups in total. The number of amides is 1. The van der Waals surface area contributed by atoms with Crippen molar-refractivity contribution in [3.63, 3.8) is 0 Å². The van der Waals surface area contributed by atoms with Crippen molar-refractivity contribution in [1.29, 1.82) is 0 Å². The molecule has 0 spiro atoms. The molecule has 0 bridgehead atoms. The molecule has 0 aliphatic heterocycles. The van der Waals surface area contributed by atoms with Gasteiger partial charge in [0.15, 0.2) is 5.13 Å². The van der Waals surface area contributed by atoms with Crippen LogP contribution in [0.3, 0.4) is 0 Å². The van der Waals surface area contributed by atoms with Crippen molar-refractivity contribution in [1.82, 2.24) is 4.98 Å². The van der Waals surface area contributed by atoms with Gasteiger partial charge >= 0.3 is 0 Å². The van der Waals surface area contributed by atoms with Gasteiger partial charge in [-0.1, -0.05) is 46.7 Å². The van der Waals surface area contributed by atoms with Gasteiger partial charge in [-0.2, -0.15) is 0 Å². The minimum absolute atomic E-state index is 0.0604. The fourth-order valence-electron chi connectivity index (χ4n) is 2.72. The topological polar surface area (TPSA) is 98.3 Å². The van der Waals surface area contributed by atoms with Gasteiger partial charge in [0.25, 0.3) is 5.69 Å². The van der Waals surface area contributed by atoms with Crippen LogP contribution in [0, 0.1) is 10.1 Å². The third-order valence-electron chi connectivity index (χ3n) is 4.07. The highest BCUT2D eigenvalue weighted by Crippen LogP contribution is 2.35. The number of benzene rings is 2. The first-order valence-corrected chi connectivity index (χ1v) is 10.1. The number of rotatable bonds is 5. The van der Waals surface area contributed by atoms with Crippen LogP contribution in [0.5, 0.6) is 0 Å². The van der Waals surface area contributed by atoms with Gasteiger partial charge < -0.3 is 4.42 Å². The zero-order valence-corrected chi connectivity index (χ0v) is 17.3. The van der Waals surface area contributed by atoms with E-state index in [0.29, 0.717) is 37.8 Å². The Morgan fingerprint density at radius 2 is 1.97 bits per heavy atom. The lowest BCUT2D eigenvalue weighted by Gasteiger charge is -1.98. The first-order valence-electron chi connectivity index (χ1n) is 8.49. The summed E-state index contributed by atoms with van der Waals surface area (Å²) in [4.78, 5) is 27.2. The van der Waals surface area contributed by atoms with Gasteiger partial charge in [0.05, 0.1) is 25.2 Å². The van der Waals surface area contributed by atoms with E-state index >= 15 is 0 Å². The summed E-state index contributed by atoms with van der Waals surface area (Å²) >= 11 is 13.4. The van der Waals surface area contributed by atoms with E-state index in [-0.39, 0.29) is 5.69 Å². The van der Waals surface area contributed by atoms with E-state index in [0.717, 1.165) is 4.70 Å². The minimum Gasteiger partial charge on any atom is -0.456 e. The zero-order valence-electron chi connectivity index (χ0n) is 15.0. The number of hydrogen-bond donors (Lipinski definition) is 1. The van der Waals surface area contributed by atoms with Crippen LogP contribution in [-0.2, 0) is 4.79 Å². The van der Waals surface area contributed by atoms with Crippen molar-refractivity contribution in [2.24, 2.45) is 0 Å². The average Bonchev–Trinajstić information content (AvgIpc) is 3.36. The number of hydrogen-bond acceptors (Lipinski definition) is 6. The van der Waals surface area contributed by atoms with Gasteiger partial charge in [-0.05, 0) is 36.4 Å². The van der Waals surface area contributed by atoms with Crippen LogP contribution in [0.25, 0.3) is 27.6 Å². The molecular weight excluding hydrogens is 449 g/mol. The van der Waals surface area contributed by atoms with Crippen LogP contribution in [0.4, 0.5) is 10.8 Å². The van der Waals surface area contributed by atoms with Crippen LogP contribution < -0.4 is 5.32 Å². The number of nitro benzene ring substituents is 1. The van der Waals surface area contributed by atoms with Crippen molar-refractivity contribution in [2.45, 2.75) is 0 Å². The molecule has 0 unspecified atom stereocenters. The summed E-state index contributed by atoms with van der Waals surface area (Å²) in [6.45, 7) is 0. The molecule has 0 radical (unpaired) electrons. The summed E-state index contributed by atoms with van der Waals surface area (Å²) in [5, 5.41) is 14.9. The Bertz CT molecular complexity index is 1310.